The zero-order chi connectivity index (χ0) is 11.3. The van der Waals surface area contributed by atoms with Gasteiger partial charge in [-0.3, -0.25) is 0 Å². The quantitative estimate of drug-likeness (QED) is 0.777. The van der Waals surface area contributed by atoms with Gasteiger partial charge in [0.2, 0.25) is 0 Å². The maximum Gasteiger partial charge on any atom is 0.110 e. The Bertz CT molecular complexity index is 278. The Balaban J connectivity index is 2.58. The molecule has 1 heterocycles. The van der Waals surface area contributed by atoms with Gasteiger partial charge in [-0.25, -0.2) is 4.98 Å². The fourth-order valence-electron chi connectivity index (χ4n) is 1.91. The van der Waals surface area contributed by atoms with Gasteiger partial charge in [0.25, 0.3) is 0 Å². The topological polar surface area (TPSA) is 29.9 Å². The van der Waals surface area contributed by atoms with Gasteiger partial charge in [0, 0.05) is 31.4 Å². The molecule has 0 aliphatic carbocycles. The molecule has 0 amide bonds. The van der Waals surface area contributed by atoms with Crippen LogP contribution in [0.1, 0.15) is 33.0 Å². The molecule has 15 heavy (non-hydrogen) atoms. The molecule has 86 valence electrons. The second kappa shape index (κ2) is 5.91. The minimum absolute atomic E-state index is 0.540. The fraction of sp³-hybridized carbons (Fsp3) is 0.750. The lowest BCUT2D eigenvalue weighted by Crippen LogP contribution is -2.30. The van der Waals surface area contributed by atoms with E-state index in [2.05, 4.69) is 41.8 Å². The molecule has 0 spiro atoms. The van der Waals surface area contributed by atoms with Crippen molar-refractivity contribution in [2.75, 3.05) is 7.05 Å². The van der Waals surface area contributed by atoms with Gasteiger partial charge in [0.15, 0.2) is 0 Å². The number of hydrogen-bond acceptors (Lipinski definition) is 2. The first-order valence-electron chi connectivity index (χ1n) is 5.84. The molecule has 1 atom stereocenters. The van der Waals surface area contributed by atoms with Gasteiger partial charge < -0.3 is 9.88 Å². The van der Waals surface area contributed by atoms with Gasteiger partial charge in [-0.1, -0.05) is 13.8 Å². The summed E-state index contributed by atoms with van der Waals surface area (Å²) in [4.78, 5) is 4.41. The normalized spacial score (nSPS) is 13.4. The Labute approximate surface area is 92.9 Å². The largest absolute Gasteiger partial charge is 0.335 e. The van der Waals surface area contributed by atoms with Crippen LogP contribution < -0.4 is 5.32 Å². The lowest BCUT2D eigenvalue weighted by molar-refractivity contribution is 0.429. The van der Waals surface area contributed by atoms with Crippen LogP contribution in [0.4, 0.5) is 0 Å². The smallest absolute Gasteiger partial charge is 0.110 e. The monoisotopic (exact) mass is 209 g/mol. The second-order valence-electron chi connectivity index (χ2n) is 4.45. The summed E-state index contributed by atoms with van der Waals surface area (Å²) in [6.07, 6.45) is 6.17. The average Bonchev–Trinajstić information content (AvgIpc) is 2.63. The molecule has 1 rings (SSSR count). The lowest BCUT2D eigenvalue weighted by atomic mass is 10.0. The van der Waals surface area contributed by atoms with E-state index in [1.807, 2.05) is 13.2 Å². The van der Waals surface area contributed by atoms with E-state index in [4.69, 9.17) is 0 Å². The third-order valence-electron chi connectivity index (χ3n) is 2.74. The van der Waals surface area contributed by atoms with Gasteiger partial charge in [-0.05, 0) is 26.3 Å². The highest BCUT2D eigenvalue weighted by Crippen LogP contribution is 2.09. The molecule has 1 N–H and O–H groups in total. The number of aromatic nitrogens is 2. The molecule has 0 aliphatic rings. The Morgan fingerprint density at radius 2 is 2.20 bits per heavy atom. The van der Waals surface area contributed by atoms with Crippen LogP contribution in [0.2, 0.25) is 0 Å². The van der Waals surface area contributed by atoms with Crippen molar-refractivity contribution in [2.45, 2.75) is 46.2 Å². The molecule has 1 aromatic heterocycles. The first-order valence-corrected chi connectivity index (χ1v) is 5.84. The first-order chi connectivity index (χ1) is 7.17. The second-order valence-corrected chi connectivity index (χ2v) is 4.45. The first kappa shape index (κ1) is 12.2. The maximum atomic E-state index is 4.41. The van der Waals surface area contributed by atoms with Crippen molar-refractivity contribution < 1.29 is 0 Å². The summed E-state index contributed by atoms with van der Waals surface area (Å²) in [5.41, 5.74) is 0. The number of aryl methyl sites for hydroxylation is 1. The number of nitrogens with zero attached hydrogens (tertiary/aromatic N) is 2. The third kappa shape index (κ3) is 3.67. The summed E-state index contributed by atoms with van der Waals surface area (Å²) in [5.74, 6) is 1.92. The van der Waals surface area contributed by atoms with Crippen molar-refractivity contribution in [3.63, 3.8) is 0 Å². The molecular weight excluding hydrogens is 186 g/mol. The zero-order valence-electron chi connectivity index (χ0n) is 10.3. The Hall–Kier alpha value is -0.830. The van der Waals surface area contributed by atoms with Crippen molar-refractivity contribution in [1.29, 1.82) is 0 Å². The summed E-state index contributed by atoms with van der Waals surface area (Å²) in [5, 5.41) is 3.37. The van der Waals surface area contributed by atoms with Crippen LogP contribution in [0, 0.1) is 5.92 Å². The molecule has 3 heteroatoms. The van der Waals surface area contributed by atoms with Crippen molar-refractivity contribution in [1.82, 2.24) is 14.9 Å². The molecular formula is C12H23N3. The number of likely N-dealkylation sites (N-methyl/N-ethyl adjacent to an activating group) is 1. The third-order valence-corrected chi connectivity index (χ3v) is 2.74. The number of nitrogens with one attached hydrogen (secondary N) is 1. The number of rotatable bonds is 6. The summed E-state index contributed by atoms with van der Waals surface area (Å²) in [7, 11) is 2.03. The SMILES string of the molecule is CCn1ccnc1CC(CC(C)C)NC. The summed E-state index contributed by atoms with van der Waals surface area (Å²) >= 11 is 0. The number of imidazole rings is 1. The lowest BCUT2D eigenvalue weighted by Gasteiger charge is -2.18. The maximum absolute atomic E-state index is 4.41. The van der Waals surface area contributed by atoms with E-state index in [0.717, 1.165) is 18.9 Å². The van der Waals surface area contributed by atoms with E-state index >= 15 is 0 Å². The minimum Gasteiger partial charge on any atom is -0.335 e. The Kier molecular flexibility index (Phi) is 4.82. The average molecular weight is 209 g/mol. The molecule has 0 bridgehead atoms. The van der Waals surface area contributed by atoms with Crippen LogP contribution in [0.5, 0.6) is 0 Å². The van der Waals surface area contributed by atoms with Crippen molar-refractivity contribution in [3.8, 4) is 0 Å². The van der Waals surface area contributed by atoms with Crippen LogP contribution in [-0.4, -0.2) is 22.6 Å². The molecule has 0 saturated carbocycles. The van der Waals surface area contributed by atoms with Gasteiger partial charge in [-0.2, -0.15) is 0 Å². The van der Waals surface area contributed by atoms with Gasteiger partial charge in [-0.15, -0.1) is 0 Å². The van der Waals surface area contributed by atoms with Gasteiger partial charge >= 0.3 is 0 Å². The molecule has 3 nitrogen and oxygen atoms in total. The molecule has 0 radical (unpaired) electrons. The van der Waals surface area contributed by atoms with E-state index in [9.17, 15) is 0 Å². The fourth-order valence-corrected chi connectivity index (χ4v) is 1.91. The van der Waals surface area contributed by atoms with Gasteiger partial charge in [0.05, 0.1) is 0 Å². The predicted octanol–water partition coefficient (Wildman–Crippen LogP) is 2.08. The molecule has 1 aromatic rings. The predicted molar refractivity (Wildman–Crippen MR) is 63.9 cm³/mol. The Morgan fingerprint density at radius 3 is 2.73 bits per heavy atom. The molecule has 0 aliphatic heterocycles. The van der Waals surface area contributed by atoms with Crippen molar-refractivity contribution in [3.05, 3.63) is 18.2 Å². The van der Waals surface area contributed by atoms with E-state index in [1.165, 1.54) is 12.2 Å². The summed E-state index contributed by atoms with van der Waals surface area (Å²) in [6.45, 7) is 7.68. The van der Waals surface area contributed by atoms with Crippen LogP contribution in [-0.2, 0) is 13.0 Å². The molecule has 0 fully saturated rings. The molecule has 0 aromatic carbocycles. The van der Waals surface area contributed by atoms with E-state index in [-0.39, 0.29) is 0 Å². The zero-order valence-corrected chi connectivity index (χ0v) is 10.3. The van der Waals surface area contributed by atoms with Crippen LogP contribution in [0.3, 0.4) is 0 Å². The van der Waals surface area contributed by atoms with Crippen LogP contribution >= 0.6 is 0 Å². The summed E-state index contributed by atoms with van der Waals surface area (Å²) < 4.78 is 2.21. The highest BCUT2D eigenvalue weighted by atomic mass is 15.1. The van der Waals surface area contributed by atoms with Crippen molar-refractivity contribution in [2.24, 2.45) is 5.92 Å². The van der Waals surface area contributed by atoms with Crippen LogP contribution in [0.25, 0.3) is 0 Å². The Morgan fingerprint density at radius 1 is 1.47 bits per heavy atom. The molecule has 1 unspecified atom stereocenters. The van der Waals surface area contributed by atoms with E-state index in [0.29, 0.717) is 6.04 Å². The highest BCUT2D eigenvalue weighted by molar-refractivity contribution is 4.95. The van der Waals surface area contributed by atoms with E-state index in [1.54, 1.807) is 0 Å². The molecule has 0 saturated heterocycles. The minimum atomic E-state index is 0.540. The standard InChI is InChI=1S/C12H23N3/c1-5-15-7-6-14-12(15)9-11(13-4)8-10(2)3/h6-7,10-11,13H,5,8-9H2,1-4H3. The van der Waals surface area contributed by atoms with Crippen LogP contribution in [0.15, 0.2) is 12.4 Å². The highest BCUT2D eigenvalue weighted by Gasteiger charge is 2.12. The summed E-state index contributed by atoms with van der Waals surface area (Å²) in [6, 6.07) is 0.540. The van der Waals surface area contributed by atoms with Crippen molar-refractivity contribution >= 4 is 0 Å². The van der Waals surface area contributed by atoms with Gasteiger partial charge in [0.1, 0.15) is 5.82 Å². The number of hydrogen-bond donors (Lipinski definition) is 1. The van der Waals surface area contributed by atoms with E-state index < -0.39 is 0 Å².